The molecule has 8 heteroatoms. The van der Waals surface area contributed by atoms with Crippen molar-refractivity contribution in [2.45, 2.75) is 20.0 Å². The highest BCUT2D eigenvalue weighted by Crippen LogP contribution is 2.19. The number of hydrogen-bond donors (Lipinski definition) is 2. The van der Waals surface area contributed by atoms with Crippen LogP contribution in [-0.4, -0.2) is 21.2 Å². The second-order valence-electron chi connectivity index (χ2n) is 5.55. The Morgan fingerprint density at radius 1 is 1.27 bits per heavy atom. The van der Waals surface area contributed by atoms with Crippen LogP contribution in [0.3, 0.4) is 0 Å². The highest BCUT2D eigenvalue weighted by molar-refractivity contribution is 5.92. The second-order valence-corrected chi connectivity index (χ2v) is 5.55. The third kappa shape index (κ3) is 4.56. The largest absolute Gasteiger partial charge is 0.505 e. The van der Waals surface area contributed by atoms with E-state index in [4.69, 9.17) is 14.4 Å². The van der Waals surface area contributed by atoms with Crippen LogP contribution >= 0.6 is 0 Å². The lowest BCUT2D eigenvalue weighted by Crippen LogP contribution is -2.14. The van der Waals surface area contributed by atoms with Gasteiger partial charge in [0.2, 0.25) is 17.6 Å². The van der Waals surface area contributed by atoms with Crippen molar-refractivity contribution in [2.75, 3.05) is 5.32 Å². The van der Waals surface area contributed by atoms with Crippen molar-refractivity contribution in [3.8, 4) is 11.5 Å². The molecule has 134 valence electrons. The first-order chi connectivity index (χ1) is 12.5. The van der Waals surface area contributed by atoms with Crippen LogP contribution < -0.4 is 10.1 Å². The Kier molecular flexibility index (Phi) is 5.12. The lowest BCUT2D eigenvalue weighted by Gasteiger charge is -2.08. The number of ether oxygens (including phenoxy) is 1. The van der Waals surface area contributed by atoms with Crippen molar-refractivity contribution >= 4 is 11.6 Å². The molecule has 0 aliphatic rings. The summed E-state index contributed by atoms with van der Waals surface area (Å²) < 4.78 is 23.7. The van der Waals surface area contributed by atoms with Gasteiger partial charge in [0, 0.05) is 12.6 Å². The van der Waals surface area contributed by atoms with Crippen LogP contribution in [0.25, 0.3) is 0 Å². The molecule has 0 fully saturated rings. The highest BCUT2D eigenvalue weighted by atomic mass is 19.1. The zero-order valence-corrected chi connectivity index (χ0v) is 13.9. The number of halogens is 1. The monoisotopic (exact) mass is 357 g/mol. The Labute approximate surface area is 148 Å². The molecule has 2 N–H and O–H groups in total. The molecule has 1 aromatic heterocycles. The Bertz CT molecular complexity index is 909. The van der Waals surface area contributed by atoms with Crippen LogP contribution in [0.1, 0.15) is 17.3 Å². The van der Waals surface area contributed by atoms with Gasteiger partial charge >= 0.3 is 0 Å². The molecule has 0 aliphatic heterocycles. The molecule has 0 aliphatic carbocycles. The standard InChI is InChI=1S/C18H16FN3O4/c1-11-20-17(22-26-11)10-25-14-5-3-13(4-6-14)21-18(24)9-12-2-7-16(23)15(19)8-12/h2-8,23H,9-10H2,1H3,(H,21,24). The summed E-state index contributed by atoms with van der Waals surface area (Å²) in [4.78, 5) is 16.1. The molecule has 0 spiro atoms. The highest BCUT2D eigenvalue weighted by Gasteiger charge is 2.08. The zero-order valence-electron chi connectivity index (χ0n) is 13.9. The predicted molar refractivity (Wildman–Crippen MR) is 90.2 cm³/mol. The van der Waals surface area contributed by atoms with Crippen LogP contribution in [0.4, 0.5) is 10.1 Å². The van der Waals surface area contributed by atoms with Gasteiger partial charge in [-0.25, -0.2) is 4.39 Å². The first-order valence-electron chi connectivity index (χ1n) is 7.79. The average Bonchev–Trinajstić information content (AvgIpc) is 3.03. The number of aromatic nitrogens is 2. The number of rotatable bonds is 6. The van der Waals surface area contributed by atoms with E-state index in [0.29, 0.717) is 28.7 Å². The van der Waals surface area contributed by atoms with Gasteiger partial charge in [-0.1, -0.05) is 11.2 Å². The number of phenolic OH excluding ortho intramolecular Hbond substituents is 1. The van der Waals surface area contributed by atoms with Crippen LogP contribution in [-0.2, 0) is 17.8 Å². The molecule has 3 rings (SSSR count). The number of aromatic hydroxyl groups is 1. The summed E-state index contributed by atoms with van der Waals surface area (Å²) in [7, 11) is 0. The first-order valence-corrected chi connectivity index (χ1v) is 7.79. The third-order valence-electron chi connectivity index (χ3n) is 3.45. The number of anilines is 1. The number of benzene rings is 2. The number of amides is 1. The summed E-state index contributed by atoms with van der Waals surface area (Å²) in [6.45, 7) is 1.87. The van der Waals surface area contributed by atoms with E-state index in [2.05, 4.69) is 15.5 Å². The molecule has 2 aromatic carbocycles. The van der Waals surface area contributed by atoms with Crippen LogP contribution in [0.5, 0.6) is 11.5 Å². The maximum Gasteiger partial charge on any atom is 0.228 e. The topological polar surface area (TPSA) is 97.5 Å². The second kappa shape index (κ2) is 7.64. The summed E-state index contributed by atoms with van der Waals surface area (Å²) in [5.41, 5.74) is 1.05. The Morgan fingerprint density at radius 2 is 2.04 bits per heavy atom. The van der Waals surface area contributed by atoms with Crippen molar-refractivity contribution in [3.63, 3.8) is 0 Å². The maximum atomic E-state index is 13.3. The fourth-order valence-corrected chi connectivity index (χ4v) is 2.23. The van der Waals surface area contributed by atoms with Gasteiger partial charge in [0.1, 0.15) is 5.75 Å². The summed E-state index contributed by atoms with van der Waals surface area (Å²) >= 11 is 0. The number of phenols is 1. The predicted octanol–water partition coefficient (Wildman–Crippen LogP) is 2.98. The maximum absolute atomic E-state index is 13.3. The van der Waals surface area contributed by atoms with Crippen molar-refractivity contribution in [1.82, 2.24) is 10.1 Å². The minimum atomic E-state index is -0.756. The van der Waals surface area contributed by atoms with Gasteiger partial charge in [-0.2, -0.15) is 4.98 Å². The normalized spacial score (nSPS) is 10.5. The smallest absolute Gasteiger partial charge is 0.228 e. The van der Waals surface area contributed by atoms with Gasteiger partial charge in [0.05, 0.1) is 6.42 Å². The molecule has 1 amide bonds. The van der Waals surface area contributed by atoms with Crippen LogP contribution in [0.2, 0.25) is 0 Å². The van der Waals surface area contributed by atoms with E-state index in [9.17, 15) is 9.18 Å². The molecule has 0 atom stereocenters. The van der Waals surface area contributed by atoms with Crippen molar-refractivity contribution in [3.05, 3.63) is 65.6 Å². The van der Waals surface area contributed by atoms with Crippen LogP contribution in [0.15, 0.2) is 47.0 Å². The molecule has 0 saturated heterocycles. The van der Waals surface area contributed by atoms with Gasteiger partial charge in [-0.15, -0.1) is 0 Å². The number of carbonyl (C=O) groups excluding carboxylic acids is 1. The first kappa shape index (κ1) is 17.4. The van der Waals surface area contributed by atoms with Gasteiger partial charge < -0.3 is 19.7 Å². The number of hydrogen-bond acceptors (Lipinski definition) is 6. The van der Waals surface area contributed by atoms with Crippen LogP contribution in [0, 0.1) is 12.7 Å². The Hall–Kier alpha value is -3.42. The lowest BCUT2D eigenvalue weighted by atomic mass is 10.1. The zero-order chi connectivity index (χ0) is 18.5. The quantitative estimate of drug-likeness (QED) is 0.704. The molecular weight excluding hydrogens is 341 g/mol. The SMILES string of the molecule is Cc1nc(COc2ccc(NC(=O)Cc3ccc(O)c(F)c3)cc2)no1. The van der Waals surface area contributed by atoms with E-state index in [1.165, 1.54) is 12.1 Å². The summed E-state index contributed by atoms with van der Waals surface area (Å²) in [6.07, 6.45) is -0.00731. The van der Waals surface area contributed by atoms with Crippen molar-refractivity contribution in [2.24, 2.45) is 0 Å². The lowest BCUT2D eigenvalue weighted by molar-refractivity contribution is -0.115. The van der Waals surface area contributed by atoms with E-state index >= 15 is 0 Å². The average molecular weight is 357 g/mol. The molecule has 0 bridgehead atoms. The number of nitrogens with zero attached hydrogens (tertiary/aromatic N) is 2. The molecule has 0 radical (unpaired) electrons. The molecule has 3 aromatic rings. The number of aryl methyl sites for hydroxylation is 1. The fraction of sp³-hybridized carbons (Fsp3) is 0.167. The van der Waals surface area contributed by atoms with Crippen molar-refractivity contribution < 1.29 is 23.6 Å². The summed E-state index contributed by atoms with van der Waals surface area (Å²) in [6, 6.07) is 10.6. The molecule has 0 saturated carbocycles. The van der Waals surface area contributed by atoms with E-state index < -0.39 is 11.6 Å². The Morgan fingerprint density at radius 3 is 2.69 bits per heavy atom. The third-order valence-corrected chi connectivity index (χ3v) is 3.45. The molecule has 1 heterocycles. The number of nitrogens with one attached hydrogen (secondary N) is 1. The van der Waals surface area contributed by atoms with Gasteiger partial charge in [-0.05, 0) is 42.0 Å². The minimum absolute atomic E-state index is 0.00731. The molecule has 26 heavy (non-hydrogen) atoms. The van der Waals surface area contributed by atoms with Crippen molar-refractivity contribution in [1.29, 1.82) is 0 Å². The summed E-state index contributed by atoms with van der Waals surface area (Å²) in [5.74, 6) is 0.00240. The molecule has 7 nitrogen and oxygen atoms in total. The fourth-order valence-electron chi connectivity index (χ4n) is 2.23. The van der Waals surface area contributed by atoms with Gasteiger partial charge in [0.15, 0.2) is 18.2 Å². The summed E-state index contributed by atoms with van der Waals surface area (Å²) in [5, 5.41) is 15.6. The Balaban J connectivity index is 1.53. The van der Waals surface area contributed by atoms with Gasteiger partial charge in [-0.3, -0.25) is 4.79 Å². The minimum Gasteiger partial charge on any atom is -0.505 e. The molecular formula is C18H16FN3O4. The van der Waals surface area contributed by atoms with E-state index in [0.717, 1.165) is 6.07 Å². The van der Waals surface area contributed by atoms with Gasteiger partial charge in [0.25, 0.3) is 0 Å². The van der Waals surface area contributed by atoms with E-state index in [1.54, 1.807) is 31.2 Å². The molecule has 0 unspecified atom stereocenters. The van der Waals surface area contributed by atoms with E-state index in [1.807, 2.05) is 0 Å². The van der Waals surface area contributed by atoms with E-state index in [-0.39, 0.29) is 18.9 Å². The number of carbonyl (C=O) groups is 1.